The predicted octanol–water partition coefficient (Wildman–Crippen LogP) is 0.661. The van der Waals surface area contributed by atoms with Crippen LogP contribution in [0.3, 0.4) is 0 Å². The van der Waals surface area contributed by atoms with Crippen molar-refractivity contribution >= 4 is 11.9 Å². The standard InChI is InChI=1S/C6H6N2O.C3H6O2/c7-6(9)5-2-1-3-8-4-5;1-2-3(4)5/h1-4H,(H2,7,9);2H2,1H3,(H,4,5). The number of nitrogens with two attached hydrogens (primary N) is 1. The van der Waals surface area contributed by atoms with Crippen LogP contribution in [-0.4, -0.2) is 22.0 Å². The predicted molar refractivity (Wildman–Crippen MR) is 50.7 cm³/mol. The van der Waals surface area contributed by atoms with Crippen molar-refractivity contribution < 1.29 is 14.7 Å². The summed E-state index contributed by atoms with van der Waals surface area (Å²) in [5, 5.41) is 7.72. The second-order valence-electron chi connectivity index (χ2n) is 2.35. The van der Waals surface area contributed by atoms with Gasteiger partial charge in [0, 0.05) is 18.8 Å². The number of carbonyl (C=O) groups excluding carboxylic acids is 1. The summed E-state index contributed by atoms with van der Waals surface area (Å²) in [7, 11) is 0. The van der Waals surface area contributed by atoms with Gasteiger partial charge in [0.05, 0.1) is 5.56 Å². The quantitative estimate of drug-likeness (QED) is 0.726. The van der Waals surface area contributed by atoms with Crippen LogP contribution >= 0.6 is 0 Å². The monoisotopic (exact) mass is 196 g/mol. The molecule has 5 heteroatoms. The molecule has 76 valence electrons. The molecule has 1 heterocycles. The van der Waals surface area contributed by atoms with E-state index in [1.165, 1.54) is 6.20 Å². The van der Waals surface area contributed by atoms with Gasteiger partial charge in [-0.1, -0.05) is 6.92 Å². The maximum atomic E-state index is 10.4. The lowest BCUT2D eigenvalue weighted by molar-refractivity contribution is -0.136. The first kappa shape index (κ1) is 12.1. The van der Waals surface area contributed by atoms with Crippen LogP contribution in [0.25, 0.3) is 0 Å². The van der Waals surface area contributed by atoms with Crippen LogP contribution in [-0.2, 0) is 4.79 Å². The van der Waals surface area contributed by atoms with Crippen LogP contribution in [0.4, 0.5) is 0 Å². The molecule has 14 heavy (non-hydrogen) atoms. The van der Waals surface area contributed by atoms with E-state index in [1.807, 2.05) is 0 Å². The molecule has 0 aliphatic carbocycles. The number of amides is 1. The number of aliphatic carboxylic acids is 1. The SMILES string of the molecule is CCC(=O)O.NC(=O)c1cccnc1. The molecule has 0 fully saturated rings. The molecule has 0 aliphatic rings. The van der Waals surface area contributed by atoms with Gasteiger partial charge in [-0.25, -0.2) is 0 Å². The van der Waals surface area contributed by atoms with Crippen molar-refractivity contribution in [3.05, 3.63) is 30.1 Å². The topological polar surface area (TPSA) is 93.3 Å². The number of pyridine rings is 1. The van der Waals surface area contributed by atoms with E-state index >= 15 is 0 Å². The summed E-state index contributed by atoms with van der Waals surface area (Å²) in [4.78, 5) is 23.5. The van der Waals surface area contributed by atoms with Gasteiger partial charge in [-0.3, -0.25) is 14.6 Å². The minimum Gasteiger partial charge on any atom is -0.481 e. The Labute approximate surface area is 81.6 Å². The number of primary amides is 1. The van der Waals surface area contributed by atoms with Gasteiger partial charge in [-0.15, -0.1) is 0 Å². The number of hydrogen-bond donors (Lipinski definition) is 2. The normalized spacial score (nSPS) is 8.36. The summed E-state index contributed by atoms with van der Waals surface area (Å²) in [6.45, 7) is 1.60. The molecule has 0 unspecified atom stereocenters. The number of rotatable bonds is 2. The molecule has 0 atom stereocenters. The van der Waals surface area contributed by atoms with Gasteiger partial charge < -0.3 is 10.8 Å². The molecule has 0 aromatic carbocycles. The van der Waals surface area contributed by atoms with Gasteiger partial charge in [-0.05, 0) is 12.1 Å². The van der Waals surface area contributed by atoms with Gasteiger partial charge in [-0.2, -0.15) is 0 Å². The van der Waals surface area contributed by atoms with Crippen LogP contribution < -0.4 is 5.73 Å². The molecule has 3 N–H and O–H groups in total. The molecule has 0 radical (unpaired) electrons. The maximum Gasteiger partial charge on any atom is 0.303 e. The first-order chi connectivity index (χ1) is 6.57. The fraction of sp³-hybridized carbons (Fsp3) is 0.222. The largest absolute Gasteiger partial charge is 0.481 e. The second-order valence-corrected chi connectivity index (χ2v) is 2.35. The zero-order valence-corrected chi connectivity index (χ0v) is 7.80. The Kier molecular flexibility index (Phi) is 5.69. The van der Waals surface area contributed by atoms with Crippen molar-refractivity contribution in [2.75, 3.05) is 0 Å². The van der Waals surface area contributed by atoms with Crippen LogP contribution in [0.5, 0.6) is 0 Å². The first-order valence-electron chi connectivity index (χ1n) is 3.99. The summed E-state index contributed by atoms with van der Waals surface area (Å²) < 4.78 is 0. The number of aromatic nitrogens is 1. The third-order valence-corrected chi connectivity index (χ3v) is 1.25. The lowest BCUT2D eigenvalue weighted by atomic mass is 10.3. The second kappa shape index (κ2) is 6.59. The van der Waals surface area contributed by atoms with Crippen LogP contribution in [0.15, 0.2) is 24.5 Å². The van der Waals surface area contributed by atoms with Crippen molar-refractivity contribution in [3.8, 4) is 0 Å². The molecule has 1 aromatic rings. The van der Waals surface area contributed by atoms with Gasteiger partial charge in [0.1, 0.15) is 0 Å². The fourth-order valence-corrected chi connectivity index (χ4v) is 0.509. The Hall–Kier alpha value is -1.91. The average Bonchev–Trinajstić information content (AvgIpc) is 2.20. The van der Waals surface area contributed by atoms with E-state index in [2.05, 4.69) is 4.98 Å². The molecule has 5 nitrogen and oxygen atoms in total. The Morgan fingerprint density at radius 1 is 1.57 bits per heavy atom. The van der Waals surface area contributed by atoms with Crippen LogP contribution in [0, 0.1) is 0 Å². The van der Waals surface area contributed by atoms with Gasteiger partial charge in [0.15, 0.2) is 0 Å². The van der Waals surface area contributed by atoms with E-state index in [4.69, 9.17) is 10.8 Å². The lowest BCUT2D eigenvalue weighted by Crippen LogP contribution is -2.10. The van der Waals surface area contributed by atoms with Gasteiger partial charge in [0.25, 0.3) is 0 Å². The molecule has 1 aromatic heterocycles. The molecule has 0 bridgehead atoms. The van der Waals surface area contributed by atoms with Crippen molar-refractivity contribution in [1.82, 2.24) is 4.98 Å². The highest BCUT2D eigenvalue weighted by Gasteiger charge is 1.94. The summed E-state index contributed by atoms with van der Waals surface area (Å²) in [5.74, 6) is -1.19. The summed E-state index contributed by atoms with van der Waals surface area (Å²) in [5.41, 5.74) is 5.38. The van der Waals surface area contributed by atoms with E-state index in [0.29, 0.717) is 5.56 Å². The maximum absolute atomic E-state index is 10.4. The smallest absolute Gasteiger partial charge is 0.303 e. The Balaban J connectivity index is 0.000000292. The van der Waals surface area contributed by atoms with Gasteiger partial charge >= 0.3 is 5.97 Å². The molecule has 1 amide bonds. The minimum atomic E-state index is -0.745. The van der Waals surface area contributed by atoms with E-state index < -0.39 is 11.9 Å². The molecule has 0 saturated carbocycles. The van der Waals surface area contributed by atoms with E-state index in [1.54, 1.807) is 25.3 Å². The Morgan fingerprint density at radius 2 is 2.14 bits per heavy atom. The lowest BCUT2D eigenvalue weighted by Gasteiger charge is -1.88. The third-order valence-electron chi connectivity index (χ3n) is 1.25. The molecule has 0 aliphatic heterocycles. The molecule has 1 rings (SSSR count). The number of carboxylic acids is 1. The molecule has 0 saturated heterocycles. The van der Waals surface area contributed by atoms with E-state index in [0.717, 1.165) is 0 Å². The van der Waals surface area contributed by atoms with Crippen LogP contribution in [0.2, 0.25) is 0 Å². The highest BCUT2D eigenvalue weighted by atomic mass is 16.4. The Morgan fingerprint density at radius 3 is 2.36 bits per heavy atom. The zero-order chi connectivity index (χ0) is 11.0. The van der Waals surface area contributed by atoms with Crippen molar-refractivity contribution in [1.29, 1.82) is 0 Å². The third kappa shape index (κ3) is 5.70. The highest BCUT2D eigenvalue weighted by Crippen LogP contribution is 1.91. The fourth-order valence-electron chi connectivity index (χ4n) is 0.509. The number of hydrogen-bond acceptors (Lipinski definition) is 3. The summed E-state index contributed by atoms with van der Waals surface area (Å²) in [6, 6.07) is 3.29. The number of nitrogens with zero attached hydrogens (tertiary/aromatic N) is 1. The highest BCUT2D eigenvalue weighted by molar-refractivity contribution is 5.92. The molecule has 0 spiro atoms. The summed E-state index contributed by atoms with van der Waals surface area (Å²) >= 11 is 0. The van der Waals surface area contributed by atoms with E-state index in [9.17, 15) is 9.59 Å². The van der Waals surface area contributed by atoms with Crippen molar-refractivity contribution in [2.45, 2.75) is 13.3 Å². The van der Waals surface area contributed by atoms with Crippen molar-refractivity contribution in [3.63, 3.8) is 0 Å². The van der Waals surface area contributed by atoms with Gasteiger partial charge in [0.2, 0.25) is 5.91 Å². The number of carbonyl (C=O) groups is 2. The average molecular weight is 196 g/mol. The summed E-state index contributed by atoms with van der Waals surface area (Å²) in [6.07, 6.45) is 3.24. The first-order valence-corrected chi connectivity index (χ1v) is 3.99. The van der Waals surface area contributed by atoms with Crippen LogP contribution in [0.1, 0.15) is 23.7 Å². The van der Waals surface area contributed by atoms with Crippen molar-refractivity contribution in [2.24, 2.45) is 5.73 Å². The Bertz CT molecular complexity index is 298. The van der Waals surface area contributed by atoms with E-state index in [-0.39, 0.29) is 6.42 Å². The minimum absolute atomic E-state index is 0.222. The molecular weight excluding hydrogens is 184 g/mol. The molecular formula is C9H12N2O3. The zero-order valence-electron chi connectivity index (χ0n) is 7.80. The number of carboxylic acid groups (broad SMARTS) is 1.